The molecule has 0 aliphatic rings. The third-order valence-electron chi connectivity index (χ3n) is 2.99. The molecule has 0 aromatic heterocycles. The van der Waals surface area contributed by atoms with Gasteiger partial charge in [-0.1, -0.05) is 87.6 Å². The van der Waals surface area contributed by atoms with Gasteiger partial charge in [0.1, 0.15) is 0 Å². The van der Waals surface area contributed by atoms with Gasteiger partial charge in [-0.15, -0.1) is 12.4 Å². The van der Waals surface area contributed by atoms with E-state index in [1.54, 1.807) is 0 Å². The Balaban J connectivity index is 0. The van der Waals surface area contributed by atoms with Gasteiger partial charge in [-0.2, -0.15) is 0 Å². The molecule has 0 saturated heterocycles. The van der Waals surface area contributed by atoms with Crippen LogP contribution in [0.3, 0.4) is 0 Å². The molecule has 3 heteroatoms. The predicted octanol–water partition coefficient (Wildman–Crippen LogP) is 5.66. The molecular formula is C14H31BrClN. The second-order valence-corrected chi connectivity index (χ2v) is 5.75. The van der Waals surface area contributed by atoms with Crippen LogP contribution in [0.15, 0.2) is 0 Å². The molecule has 0 saturated carbocycles. The molecule has 0 aliphatic carbocycles. The van der Waals surface area contributed by atoms with Crippen molar-refractivity contribution >= 4 is 28.3 Å². The monoisotopic (exact) mass is 327 g/mol. The van der Waals surface area contributed by atoms with Crippen LogP contribution >= 0.6 is 28.3 Å². The third-order valence-corrected chi connectivity index (χ3v) is 3.77. The highest BCUT2D eigenvalue weighted by atomic mass is 79.9. The van der Waals surface area contributed by atoms with Crippen LogP contribution < -0.4 is 5.32 Å². The van der Waals surface area contributed by atoms with E-state index in [9.17, 15) is 0 Å². The lowest BCUT2D eigenvalue weighted by Gasteiger charge is -2.09. The summed E-state index contributed by atoms with van der Waals surface area (Å²) in [5, 5.41) is 3.39. The number of alkyl halides is 1. The quantitative estimate of drug-likeness (QED) is 0.277. The first-order chi connectivity index (χ1) is 7.81. The molecule has 1 N–H and O–H groups in total. The largest absolute Gasteiger partial charge is 0.305 e. The minimum Gasteiger partial charge on any atom is -0.305 e. The molecule has 106 valence electrons. The van der Waals surface area contributed by atoms with Crippen molar-refractivity contribution in [1.29, 1.82) is 0 Å². The number of hydrogen-bond donors (Lipinski definition) is 1. The summed E-state index contributed by atoms with van der Waals surface area (Å²) in [5.41, 5.74) is 0. The lowest BCUT2D eigenvalue weighted by molar-refractivity contribution is 0.538. The molecule has 0 bridgehead atoms. The zero-order valence-electron chi connectivity index (χ0n) is 11.6. The zero-order chi connectivity index (χ0) is 12.1. The minimum absolute atomic E-state index is 0. The Morgan fingerprint density at radius 2 is 1.29 bits per heavy atom. The molecular weight excluding hydrogens is 298 g/mol. The fourth-order valence-electron chi connectivity index (χ4n) is 1.96. The molecule has 0 radical (unpaired) electrons. The summed E-state index contributed by atoms with van der Waals surface area (Å²) in [7, 11) is 0. The second-order valence-electron chi connectivity index (χ2n) is 4.64. The van der Waals surface area contributed by atoms with Crippen LogP contribution in [0.4, 0.5) is 0 Å². The molecule has 1 nitrogen and oxygen atoms in total. The van der Waals surface area contributed by atoms with Gasteiger partial charge in [-0.3, -0.25) is 0 Å². The maximum atomic E-state index is 3.64. The molecule has 0 fully saturated rings. The van der Waals surface area contributed by atoms with Gasteiger partial charge in [-0.25, -0.2) is 0 Å². The fourth-order valence-corrected chi connectivity index (χ4v) is 2.61. The Morgan fingerprint density at radius 1 is 0.824 bits per heavy atom. The van der Waals surface area contributed by atoms with Crippen LogP contribution in [0.25, 0.3) is 0 Å². The van der Waals surface area contributed by atoms with Gasteiger partial charge in [0.15, 0.2) is 0 Å². The average molecular weight is 329 g/mol. The SMILES string of the molecule is CCCCCCCCCCCC(Br)NCC.Cl. The molecule has 0 heterocycles. The van der Waals surface area contributed by atoms with Gasteiger partial charge in [-0.05, 0) is 13.0 Å². The third kappa shape index (κ3) is 16.7. The fraction of sp³-hybridized carbons (Fsp3) is 1.00. The second kappa shape index (κ2) is 16.7. The number of halogens is 2. The predicted molar refractivity (Wildman–Crippen MR) is 85.5 cm³/mol. The Hall–Kier alpha value is 0.730. The summed E-state index contributed by atoms with van der Waals surface area (Å²) in [6, 6.07) is 0. The summed E-state index contributed by atoms with van der Waals surface area (Å²) in [5.74, 6) is 0. The van der Waals surface area contributed by atoms with E-state index in [0.29, 0.717) is 4.95 Å². The smallest absolute Gasteiger partial charge is 0.0630 e. The first kappa shape index (κ1) is 20.1. The molecule has 0 aliphatic heterocycles. The summed E-state index contributed by atoms with van der Waals surface area (Å²) in [6.45, 7) is 5.50. The van der Waals surface area contributed by atoms with Crippen molar-refractivity contribution < 1.29 is 0 Å². The van der Waals surface area contributed by atoms with Crippen molar-refractivity contribution in [2.24, 2.45) is 0 Å². The van der Waals surface area contributed by atoms with Crippen molar-refractivity contribution in [2.45, 2.75) is 83.0 Å². The molecule has 0 spiro atoms. The Bertz CT molecular complexity index is 133. The van der Waals surface area contributed by atoms with E-state index >= 15 is 0 Å². The summed E-state index contributed by atoms with van der Waals surface area (Å²) in [4.78, 5) is 0.530. The van der Waals surface area contributed by atoms with Crippen LogP contribution in [0, 0.1) is 0 Å². The topological polar surface area (TPSA) is 12.0 Å². The van der Waals surface area contributed by atoms with Crippen molar-refractivity contribution in [3.63, 3.8) is 0 Å². The number of unbranched alkanes of at least 4 members (excludes halogenated alkanes) is 8. The lowest BCUT2D eigenvalue weighted by atomic mass is 10.1. The standard InChI is InChI=1S/C14H30BrN.ClH/c1-3-5-6-7-8-9-10-11-12-13-14(15)16-4-2;/h14,16H,3-13H2,1-2H3;1H. The highest BCUT2D eigenvalue weighted by molar-refractivity contribution is 9.09. The van der Waals surface area contributed by atoms with Gasteiger partial charge >= 0.3 is 0 Å². The van der Waals surface area contributed by atoms with E-state index in [1.807, 2.05) is 0 Å². The van der Waals surface area contributed by atoms with Gasteiger partial charge in [0.2, 0.25) is 0 Å². The normalized spacial score (nSPS) is 12.2. The molecule has 17 heavy (non-hydrogen) atoms. The maximum Gasteiger partial charge on any atom is 0.0630 e. The van der Waals surface area contributed by atoms with Gasteiger partial charge in [0.05, 0.1) is 4.95 Å². The van der Waals surface area contributed by atoms with Crippen molar-refractivity contribution in [2.75, 3.05) is 6.54 Å². The van der Waals surface area contributed by atoms with Crippen molar-refractivity contribution in [3.8, 4) is 0 Å². The lowest BCUT2D eigenvalue weighted by Crippen LogP contribution is -2.22. The molecule has 1 atom stereocenters. The zero-order valence-corrected chi connectivity index (χ0v) is 14.0. The van der Waals surface area contributed by atoms with E-state index in [1.165, 1.54) is 64.2 Å². The minimum atomic E-state index is 0. The van der Waals surface area contributed by atoms with Gasteiger partial charge < -0.3 is 5.32 Å². The Labute approximate surface area is 123 Å². The Kier molecular flexibility index (Phi) is 19.7. The maximum absolute atomic E-state index is 3.64. The van der Waals surface area contributed by atoms with E-state index in [0.717, 1.165) is 6.54 Å². The van der Waals surface area contributed by atoms with E-state index in [2.05, 4.69) is 35.1 Å². The van der Waals surface area contributed by atoms with Crippen LogP contribution in [0.5, 0.6) is 0 Å². The van der Waals surface area contributed by atoms with E-state index in [-0.39, 0.29) is 12.4 Å². The Morgan fingerprint density at radius 3 is 1.76 bits per heavy atom. The van der Waals surface area contributed by atoms with Crippen molar-refractivity contribution in [1.82, 2.24) is 5.32 Å². The molecule has 0 rings (SSSR count). The average Bonchev–Trinajstić information content (AvgIpc) is 2.27. The van der Waals surface area contributed by atoms with Crippen LogP contribution in [-0.4, -0.2) is 11.5 Å². The van der Waals surface area contributed by atoms with Crippen LogP contribution in [0.1, 0.15) is 78.1 Å². The molecule has 0 amide bonds. The van der Waals surface area contributed by atoms with Crippen LogP contribution in [-0.2, 0) is 0 Å². The van der Waals surface area contributed by atoms with Gasteiger partial charge in [0, 0.05) is 0 Å². The summed E-state index contributed by atoms with van der Waals surface area (Å²) < 4.78 is 0. The summed E-state index contributed by atoms with van der Waals surface area (Å²) >= 11 is 3.64. The number of hydrogen-bond acceptors (Lipinski definition) is 1. The van der Waals surface area contributed by atoms with Crippen LogP contribution in [0.2, 0.25) is 0 Å². The molecule has 1 unspecified atom stereocenters. The first-order valence-electron chi connectivity index (χ1n) is 7.18. The molecule has 0 aromatic carbocycles. The highest BCUT2D eigenvalue weighted by Crippen LogP contribution is 2.12. The highest BCUT2D eigenvalue weighted by Gasteiger charge is 2.00. The summed E-state index contributed by atoms with van der Waals surface area (Å²) in [6.07, 6.45) is 14.0. The van der Waals surface area contributed by atoms with Gasteiger partial charge in [0.25, 0.3) is 0 Å². The van der Waals surface area contributed by atoms with E-state index in [4.69, 9.17) is 0 Å². The number of rotatable bonds is 12. The van der Waals surface area contributed by atoms with E-state index < -0.39 is 0 Å². The van der Waals surface area contributed by atoms with Crippen molar-refractivity contribution in [3.05, 3.63) is 0 Å². The molecule has 0 aromatic rings. The number of nitrogens with one attached hydrogen (secondary N) is 1. The first-order valence-corrected chi connectivity index (χ1v) is 8.10.